The molecule has 2 fully saturated rings. The van der Waals surface area contributed by atoms with Gasteiger partial charge in [0.1, 0.15) is 0 Å². The van der Waals surface area contributed by atoms with Gasteiger partial charge in [0.2, 0.25) is 5.91 Å². The smallest absolute Gasteiger partial charge is 0.228 e. The van der Waals surface area contributed by atoms with Gasteiger partial charge in [-0.05, 0) is 68.8 Å². The second-order valence-corrected chi connectivity index (χ2v) is 6.18. The van der Waals surface area contributed by atoms with Gasteiger partial charge < -0.3 is 10.6 Å². The summed E-state index contributed by atoms with van der Waals surface area (Å²) >= 11 is 0. The van der Waals surface area contributed by atoms with Crippen LogP contribution in [0.2, 0.25) is 0 Å². The Morgan fingerprint density at radius 1 is 1.30 bits per heavy atom. The molecule has 110 valence electrons. The molecule has 2 aliphatic rings. The second kappa shape index (κ2) is 5.74. The van der Waals surface area contributed by atoms with Crippen LogP contribution < -0.4 is 10.6 Å². The lowest BCUT2D eigenvalue weighted by molar-refractivity contribution is -0.118. The minimum atomic E-state index is 0. The van der Waals surface area contributed by atoms with Crippen LogP contribution in [0.25, 0.3) is 0 Å². The molecule has 4 heteroatoms. The SMILES string of the molecule is Cc1ccc(C)c(NC(=O)C2CC23CCNCC3)c1.Cl. The highest BCUT2D eigenvalue weighted by Crippen LogP contribution is 2.58. The molecule has 3 rings (SSSR count). The number of carbonyl (C=O) groups excluding carboxylic acids is 1. The first-order valence-electron chi connectivity index (χ1n) is 7.20. The predicted molar refractivity (Wildman–Crippen MR) is 84.4 cm³/mol. The molecule has 1 saturated heterocycles. The van der Waals surface area contributed by atoms with Crippen LogP contribution in [0.4, 0.5) is 5.69 Å². The van der Waals surface area contributed by atoms with Crippen molar-refractivity contribution in [1.82, 2.24) is 5.32 Å². The Kier molecular flexibility index (Phi) is 4.40. The third-order valence-electron chi connectivity index (χ3n) is 4.76. The van der Waals surface area contributed by atoms with Crippen molar-refractivity contribution < 1.29 is 4.79 Å². The second-order valence-electron chi connectivity index (χ2n) is 6.18. The van der Waals surface area contributed by atoms with Crippen molar-refractivity contribution in [3.8, 4) is 0 Å². The molecule has 1 aliphatic carbocycles. The number of nitrogens with one attached hydrogen (secondary N) is 2. The largest absolute Gasteiger partial charge is 0.326 e. The Morgan fingerprint density at radius 2 is 2.00 bits per heavy atom. The fraction of sp³-hybridized carbons (Fsp3) is 0.562. The van der Waals surface area contributed by atoms with Gasteiger partial charge in [0.15, 0.2) is 0 Å². The van der Waals surface area contributed by atoms with Crippen LogP contribution in [0.3, 0.4) is 0 Å². The first kappa shape index (κ1) is 15.3. The van der Waals surface area contributed by atoms with Crippen molar-refractivity contribution in [3.05, 3.63) is 29.3 Å². The van der Waals surface area contributed by atoms with E-state index in [1.807, 2.05) is 6.92 Å². The zero-order chi connectivity index (χ0) is 13.5. The molecule has 1 aliphatic heterocycles. The summed E-state index contributed by atoms with van der Waals surface area (Å²) in [5.74, 6) is 0.449. The van der Waals surface area contributed by atoms with E-state index in [1.165, 1.54) is 5.56 Å². The average Bonchev–Trinajstić information content (AvgIpc) is 3.08. The normalized spacial score (nSPS) is 23.0. The summed E-state index contributed by atoms with van der Waals surface area (Å²) in [5, 5.41) is 6.50. The molecule has 1 unspecified atom stereocenters. The molecule has 1 atom stereocenters. The maximum absolute atomic E-state index is 12.4. The molecular weight excluding hydrogens is 272 g/mol. The third-order valence-corrected chi connectivity index (χ3v) is 4.76. The lowest BCUT2D eigenvalue weighted by Gasteiger charge is -2.23. The summed E-state index contributed by atoms with van der Waals surface area (Å²) in [6.45, 7) is 6.23. The number of piperidine rings is 1. The molecule has 1 saturated carbocycles. The van der Waals surface area contributed by atoms with Gasteiger partial charge in [0.25, 0.3) is 0 Å². The zero-order valence-corrected chi connectivity index (χ0v) is 13.0. The lowest BCUT2D eigenvalue weighted by Crippen LogP contribution is -2.31. The van der Waals surface area contributed by atoms with E-state index < -0.39 is 0 Å². The van der Waals surface area contributed by atoms with Crippen molar-refractivity contribution in [1.29, 1.82) is 0 Å². The van der Waals surface area contributed by atoms with E-state index in [0.717, 1.165) is 43.6 Å². The Labute approximate surface area is 126 Å². The minimum absolute atomic E-state index is 0. The van der Waals surface area contributed by atoms with Crippen LogP contribution in [0.5, 0.6) is 0 Å². The van der Waals surface area contributed by atoms with Gasteiger partial charge in [0.05, 0.1) is 0 Å². The summed E-state index contributed by atoms with van der Waals surface area (Å²) in [7, 11) is 0. The van der Waals surface area contributed by atoms with E-state index in [0.29, 0.717) is 5.41 Å². The summed E-state index contributed by atoms with van der Waals surface area (Å²) < 4.78 is 0. The average molecular weight is 295 g/mol. The number of carbonyl (C=O) groups is 1. The van der Waals surface area contributed by atoms with Crippen LogP contribution in [-0.2, 0) is 4.79 Å². The van der Waals surface area contributed by atoms with Crippen molar-refractivity contribution in [2.45, 2.75) is 33.1 Å². The van der Waals surface area contributed by atoms with Gasteiger partial charge in [-0.15, -0.1) is 12.4 Å². The van der Waals surface area contributed by atoms with E-state index in [1.54, 1.807) is 0 Å². The molecule has 1 heterocycles. The number of halogens is 1. The molecule has 0 aromatic heterocycles. The fourth-order valence-corrected chi connectivity index (χ4v) is 3.29. The number of rotatable bonds is 2. The molecule has 20 heavy (non-hydrogen) atoms. The topological polar surface area (TPSA) is 41.1 Å². The Balaban J connectivity index is 0.00000147. The van der Waals surface area contributed by atoms with Crippen LogP contribution >= 0.6 is 12.4 Å². The van der Waals surface area contributed by atoms with Crippen LogP contribution in [-0.4, -0.2) is 19.0 Å². The standard InChI is InChI=1S/C16H22N2O.ClH/c1-11-3-4-12(2)14(9-11)18-15(19)13-10-16(13)5-7-17-8-6-16;/h3-4,9,13,17H,5-8,10H2,1-2H3,(H,18,19);1H. The number of aryl methyl sites for hydroxylation is 2. The highest BCUT2D eigenvalue weighted by Gasteiger charge is 2.57. The molecule has 1 amide bonds. The number of benzene rings is 1. The van der Waals surface area contributed by atoms with Gasteiger partial charge >= 0.3 is 0 Å². The quantitative estimate of drug-likeness (QED) is 0.880. The summed E-state index contributed by atoms with van der Waals surface area (Å²) in [4.78, 5) is 12.4. The lowest BCUT2D eigenvalue weighted by atomic mass is 9.91. The van der Waals surface area contributed by atoms with Crippen LogP contribution in [0, 0.1) is 25.2 Å². The summed E-state index contributed by atoms with van der Waals surface area (Å²) in [6.07, 6.45) is 3.38. The Hall–Kier alpha value is -1.06. The van der Waals surface area contributed by atoms with Crippen molar-refractivity contribution >= 4 is 24.0 Å². The van der Waals surface area contributed by atoms with E-state index >= 15 is 0 Å². The molecule has 0 radical (unpaired) electrons. The van der Waals surface area contributed by atoms with E-state index in [4.69, 9.17) is 0 Å². The van der Waals surface area contributed by atoms with Gasteiger partial charge in [-0.2, -0.15) is 0 Å². The molecule has 0 bridgehead atoms. The first-order chi connectivity index (χ1) is 9.11. The van der Waals surface area contributed by atoms with Crippen LogP contribution in [0.15, 0.2) is 18.2 Å². The number of hydrogen-bond acceptors (Lipinski definition) is 2. The molecule has 1 aromatic rings. The Morgan fingerprint density at radius 3 is 2.70 bits per heavy atom. The van der Waals surface area contributed by atoms with E-state index in [2.05, 4.69) is 35.8 Å². The van der Waals surface area contributed by atoms with E-state index in [9.17, 15) is 4.79 Å². The predicted octanol–water partition coefficient (Wildman–Crippen LogP) is 3.05. The number of anilines is 1. The highest BCUT2D eigenvalue weighted by atomic mass is 35.5. The van der Waals surface area contributed by atoms with Gasteiger partial charge in [-0.25, -0.2) is 0 Å². The molecule has 2 N–H and O–H groups in total. The first-order valence-corrected chi connectivity index (χ1v) is 7.20. The van der Waals surface area contributed by atoms with Crippen LogP contribution in [0.1, 0.15) is 30.4 Å². The third kappa shape index (κ3) is 2.84. The number of amides is 1. The summed E-state index contributed by atoms with van der Waals surface area (Å²) in [6, 6.07) is 6.21. The molecule has 1 spiro atoms. The van der Waals surface area contributed by atoms with Crippen molar-refractivity contribution in [2.75, 3.05) is 18.4 Å². The number of hydrogen-bond donors (Lipinski definition) is 2. The van der Waals surface area contributed by atoms with Crippen molar-refractivity contribution in [3.63, 3.8) is 0 Å². The molecule has 3 nitrogen and oxygen atoms in total. The molecule has 1 aromatic carbocycles. The zero-order valence-electron chi connectivity index (χ0n) is 12.2. The van der Waals surface area contributed by atoms with Gasteiger partial charge in [-0.3, -0.25) is 4.79 Å². The monoisotopic (exact) mass is 294 g/mol. The maximum Gasteiger partial charge on any atom is 0.228 e. The molecular formula is C16H23ClN2O. The maximum atomic E-state index is 12.4. The summed E-state index contributed by atoms with van der Waals surface area (Å²) in [5.41, 5.74) is 3.61. The fourth-order valence-electron chi connectivity index (χ4n) is 3.29. The van der Waals surface area contributed by atoms with Gasteiger partial charge in [-0.1, -0.05) is 12.1 Å². The van der Waals surface area contributed by atoms with Gasteiger partial charge in [0, 0.05) is 11.6 Å². The van der Waals surface area contributed by atoms with E-state index in [-0.39, 0.29) is 24.2 Å². The highest BCUT2D eigenvalue weighted by molar-refractivity contribution is 5.95. The minimum Gasteiger partial charge on any atom is -0.326 e. The Bertz CT molecular complexity index is 509. The van der Waals surface area contributed by atoms with Crippen molar-refractivity contribution in [2.24, 2.45) is 11.3 Å².